The van der Waals surface area contributed by atoms with Crippen LogP contribution in [0.3, 0.4) is 0 Å². The molecule has 4 heteroatoms. The molecular weight excluding hydrogens is 707 g/mol. The number of fused-ring (bicyclic) bond motifs is 10. The van der Waals surface area contributed by atoms with E-state index in [4.69, 9.17) is 15.5 Å². The Bertz CT molecular complexity index is 3440. The molecule has 2 aliphatic rings. The Balaban J connectivity index is 1.14. The van der Waals surface area contributed by atoms with Crippen molar-refractivity contribution in [1.82, 2.24) is 9.55 Å². The molecule has 11 aromatic rings. The Hall–Kier alpha value is -7.69. The molecule has 0 saturated carbocycles. The van der Waals surface area contributed by atoms with E-state index in [1.165, 1.54) is 60.1 Å². The summed E-state index contributed by atoms with van der Waals surface area (Å²) in [7, 11) is 0. The van der Waals surface area contributed by atoms with Crippen molar-refractivity contribution in [2.75, 3.05) is 5.73 Å². The van der Waals surface area contributed by atoms with Crippen LogP contribution < -0.4 is 10.5 Å². The molecule has 0 atom stereocenters. The molecule has 0 unspecified atom stereocenters. The molecule has 0 radical (unpaired) electrons. The lowest BCUT2D eigenvalue weighted by Gasteiger charge is -2.39. The Labute approximate surface area is 334 Å². The molecule has 0 amide bonds. The Morgan fingerprint density at radius 1 is 0.483 bits per heavy atom. The highest BCUT2D eigenvalue weighted by molar-refractivity contribution is 6.25. The zero-order valence-corrected chi connectivity index (χ0v) is 31.3. The number of benzene rings is 10. The molecule has 58 heavy (non-hydrogen) atoms. The summed E-state index contributed by atoms with van der Waals surface area (Å²) >= 11 is 0. The highest BCUT2D eigenvalue weighted by atomic mass is 16.5. The summed E-state index contributed by atoms with van der Waals surface area (Å²) in [5, 5.41) is 7.51. The van der Waals surface area contributed by atoms with E-state index >= 15 is 0 Å². The van der Waals surface area contributed by atoms with E-state index in [2.05, 4.69) is 180 Å². The third-order valence-corrected chi connectivity index (χ3v) is 12.8. The molecule has 270 valence electrons. The minimum Gasteiger partial charge on any atom is -0.457 e. The fraction of sp³-hybridized carbons (Fsp3) is 0.0185. The summed E-state index contributed by atoms with van der Waals surface area (Å²) in [5.41, 5.74) is 19.9. The standard InChI is InChI=1S/C54H33N3O/c55-36-25-21-32(22-26-36)38-11-8-14-44-52(38)41-30-27-37(31-45(41)54(44)42-12-1-5-17-48(42)58-49-18-6-2-13-43(49)54)57-47-16-4-3-15-46(47)56-53(57)40-29-24-35-20-19-33-9-7-10-34-23-28-39(40)51(35)50(33)34/h1-31H,55H2. The Morgan fingerprint density at radius 3 is 1.91 bits per heavy atom. The molecule has 1 aliphatic heterocycles. The lowest BCUT2D eigenvalue weighted by Crippen LogP contribution is -2.32. The molecular formula is C54H33N3O. The number of rotatable bonds is 3. The van der Waals surface area contributed by atoms with Gasteiger partial charge in [0.05, 0.1) is 16.4 Å². The first-order valence-corrected chi connectivity index (χ1v) is 19.8. The van der Waals surface area contributed by atoms with Crippen molar-refractivity contribution in [3.63, 3.8) is 0 Å². The first-order chi connectivity index (χ1) is 28.7. The van der Waals surface area contributed by atoms with Gasteiger partial charge in [-0.15, -0.1) is 0 Å². The van der Waals surface area contributed by atoms with Gasteiger partial charge >= 0.3 is 0 Å². The zero-order valence-electron chi connectivity index (χ0n) is 31.3. The highest BCUT2D eigenvalue weighted by Crippen LogP contribution is 2.63. The first-order valence-electron chi connectivity index (χ1n) is 19.8. The van der Waals surface area contributed by atoms with Crippen LogP contribution in [0.25, 0.3) is 82.7 Å². The van der Waals surface area contributed by atoms with E-state index in [-0.39, 0.29) is 0 Å². The van der Waals surface area contributed by atoms with Gasteiger partial charge < -0.3 is 10.5 Å². The predicted molar refractivity (Wildman–Crippen MR) is 237 cm³/mol. The van der Waals surface area contributed by atoms with Gasteiger partial charge in [-0.1, -0.05) is 133 Å². The van der Waals surface area contributed by atoms with Crippen molar-refractivity contribution >= 4 is 49.0 Å². The minimum absolute atomic E-state index is 0.653. The maximum atomic E-state index is 6.72. The molecule has 1 spiro atoms. The molecule has 13 rings (SSSR count). The molecule has 4 nitrogen and oxygen atoms in total. The van der Waals surface area contributed by atoms with Crippen molar-refractivity contribution in [2.45, 2.75) is 5.41 Å². The van der Waals surface area contributed by atoms with Gasteiger partial charge in [-0.3, -0.25) is 4.57 Å². The smallest absolute Gasteiger partial charge is 0.146 e. The number of para-hydroxylation sites is 4. The van der Waals surface area contributed by atoms with Gasteiger partial charge in [-0.25, -0.2) is 4.98 Å². The van der Waals surface area contributed by atoms with Crippen LogP contribution in [0.4, 0.5) is 5.69 Å². The number of imidazole rings is 1. The van der Waals surface area contributed by atoms with Crippen LogP contribution in [0.1, 0.15) is 22.3 Å². The van der Waals surface area contributed by atoms with Crippen molar-refractivity contribution in [1.29, 1.82) is 0 Å². The molecule has 0 bridgehead atoms. The number of nitrogens with two attached hydrogens (primary N) is 1. The number of hydrogen-bond acceptors (Lipinski definition) is 3. The lowest BCUT2D eigenvalue weighted by molar-refractivity contribution is 0.436. The maximum absolute atomic E-state index is 6.72. The van der Waals surface area contributed by atoms with E-state index in [1.807, 2.05) is 12.1 Å². The predicted octanol–water partition coefficient (Wildman–Crippen LogP) is 13.3. The van der Waals surface area contributed by atoms with Crippen molar-refractivity contribution in [2.24, 2.45) is 0 Å². The quantitative estimate of drug-likeness (QED) is 0.145. The second kappa shape index (κ2) is 11.4. The third kappa shape index (κ3) is 4.05. The lowest BCUT2D eigenvalue weighted by atomic mass is 9.66. The topological polar surface area (TPSA) is 53.1 Å². The average molecular weight is 740 g/mol. The number of anilines is 1. The summed E-state index contributed by atoms with van der Waals surface area (Å²) in [6, 6.07) is 67.8. The second-order valence-corrected chi connectivity index (χ2v) is 15.7. The van der Waals surface area contributed by atoms with Gasteiger partial charge in [0, 0.05) is 28.1 Å². The number of hydrogen-bond donors (Lipinski definition) is 1. The summed E-state index contributed by atoms with van der Waals surface area (Å²) < 4.78 is 9.09. The normalized spacial score (nSPS) is 13.5. The molecule has 0 fully saturated rings. The fourth-order valence-electron chi connectivity index (χ4n) is 10.4. The van der Waals surface area contributed by atoms with Crippen LogP contribution in [0.15, 0.2) is 188 Å². The molecule has 10 aromatic carbocycles. The van der Waals surface area contributed by atoms with E-state index in [0.717, 1.165) is 62.0 Å². The zero-order chi connectivity index (χ0) is 38.1. The van der Waals surface area contributed by atoms with Crippen molar-refractivity contribution < 1.29 is 4.74 Å². The summed E-state index contributed by atoms with van der Waals surface area (Å²) in [6.07, 6.45) is 0. The summed E-state index contributed by atoms with van der Waals surface area (Å²) in [6.45, 7) is 0. The van der Waals surface area contributed by atoms with E-state index < -0.39 is 5.41 Å². The van der Waals surface area contributed by atoms with Crippen molar-refractivity contribution in [3.8, 4) is 50.8 Å². The number of nitrogen functional groups attached to an aromatic ring is 1. The SMILES string of the molecule is Nc1ccc(-c2cccc3c2-c2ccc(-n4c(-c5ccc6ccc7cccc8ccc5c6c78)nc5ccccc54)cc2C32c3ccccc3Oc3ccccc32)cc1. The second-order valence-electron chi connectivity index (χ2n) is 15.7. The van der Waals surface area contributed by atoms with E-state index in [1.54, 1.807) is 0 Å². The maximum Gasteiger partial charge on any atom is 0.146 e. The van der Waals surface area contributed by atoms with Gasteiger partial charge in [-0.05, 0) is 120 Å². The van der Waals surface area contributed by atoms with Gasteiger partial charge in [-0.2, -0.15) is 0 Å². The van der Waals surface area contributed by atoms with E-state index in [9.17, 15) is 0 Å². The minimum atomic E-state index is -0.653. The van der Waals surface area contributed by atoms with Crippen LogP contribution in [-0.4, -0.2) is 9.55 Å². The Morgan fingerprint density at radius 2 is 1.12 bits per heavy atom. The summed E-state index contributed by atoms with van der Waals surface area (Å²) in [4.78, 5) is 5.44. The van der Waals surface area contributed by atoms with Crippen LogP contribution in [0.2, 0.25) is 0 Å². The van der Waals surface area contributed by atoms with Gasteiger partial charge in [0.15, 0.2) is 0 Å². The molecule has 1 aliphatic carbocycles. The molecule has 2 heterocycles. The van der Waals surface area contributed by atoms with Crippen molar-refractivity contribution in [3.05, 3.63) is 210 Å². The van der Waals surface area contributed by atoms with Crippen LogP contribution in [0.5, 0.6) is 11.5 Å². The summed E-state index contributed by atoms with van der Waals surface area (Å²) in [5.74, 6) is 2.65. The number of aromatic nitrogens is 2. The third-order valence-electron chi connectivity index (χ3n) is 12.8. The average Bonchev–Trinajstić information content (AvgIpc) is 3.80. The molecule has 0 saturated heterocycles. The Kier molecular flexibility index (Phi) is 6.21. The van der Waals surface area contributed by atoms with Crippen LogP contribution in [-0.2, 0) is 5.41 Å². The van der Waals surface area contributed by atoms with Crippen LogP contribution in [0, 0.1) is 0 Å². The van der Waals surface area contributed by atoms with Gasteiger partial charge in [0.25, 0.3) is 0 Å². The number of nitrogens with zero attached hydrogens (tertiary/aromatic N) is 2. The van der Waals surface area contributed by atoms with Gasteiger partial charge in [0.1, 0.15) is 17.3 Å². The largest absolute Gasteiger partial charge is 0.457 e. The molecule has 1 aromatic heterocycles. The number of ether oxygens (including phenoxy) is 1. The monoisotopic (exact) mass is 739 g/mol. The first kappa shape index (κ1) is 31.5. The fourth-order valence-corrected chi connectivity index (χ4v) is 10.4. The van der Waals surface area contributed by atoms with E-state index in [0.29, 0.717) is 0 Å². The van der Waals surface area contributed by atoms with Crippen LogP contribution >= 0.6 is 0 Å². The highest BCUT2D eigenvalue weighted by Gasteiger charge is 2.51. The molecule has 2 N–H and O–H groups in total. The van der Waals surface area contributed by atoms with Gasteiger partial charge in [0.2, 0.25) is 0 Å².